The number of rotatable bonds is 4. The van der Waals surface area contributed by atoms with Crippen LogP contribution in [0, 0.1) is 13.8 Å². The Kier molecular flexibility index (Phi) is 6.11. The number of alkyl halides is 6. The molecule has 0 aliphatic rings. The summed E-state index contributed by atoms with van der Waals surface area (Å²) >= 11 is 0. The van der Waals surface area contributed by atoms with Crippen molar-refractivity contribution >= 4 is 23.2 Å². The normalized spacial score (nSPS) is 11.9. The molecule has 0 radical (unpaired) electrons. The Bertz CT molecular complexity index is 1110. The van der Waals surface area contributed by atoms with Crippen LogP contribution >= 0.6 is 0 Å². The maximum atomic E-state index is 13.0. The number of carbonyl (C=O) groups is 1. The van der Waals surface area contributed by atoms with Gasteiger partial charge in [0.1, 0.15) is 0 Å². The van der Waals surface area contributed by atoms with Gasteiger partial charge in [0.25, 0.3) is 5.91 Å². The highest BCUT2D eigenvalue weighted by Crippen LogP contribution is 2.36. The second-order valence-electron chi connectivity index (χ2n) is 6.93. The quantitative estimate of drug-likeness (QED) is 0.466. The highest BCUT2D eigenvalue weighted by Gasteiger charge is 2.37. The van der Waals surface area contributed by atoms with Crippen LogP contribution in [0.2, 0.25) is 0 Å². The van der Waals surface area contributed by atoms with Gasteiger partial charge in [-0.05, 0) is 56.3 Å². The number of amides is 1. The van der Waals surface area contributed by atoms with Crippen molar-refractivity contribution in [2.24, 2.45) is 0 Å². The number of nitrogens with one attached hydrogen (secondary N) is 2. The molecule has 3 aromatic rings. The van der Waals surface area contributed by atoms with Gasteiger partial charge in [-0.25, -0.2) is 9.97 Å². The molecule has 168 valence electrons. The molecule has 0 saturated carbocycles. The Morgan fingerprint density at radius 1 is 0.781 bits per heavy atom. The van der Waals surface area contributed by atoms with Crippen molar-refractivity contribution in [3.05, 3.63) is 76.6 Å². The van der Waals surface area contributed by atoms with Crippen LogP contribution in [-0.2, 0) is 12.4 Å². The van der Waals surface area contributed by atoms with Gasteiger partial charge in [-0.1, -0.05) is 6.07 Å². The number of hydrogen-bond donors (Lipinski definition) is 2. The fraction of sp³-hybridized carbons (Fsp3) is 0.190. The van der Waals surface area contributed by atoms with Gasteiger partial charge in [0.2, 0.25) is 5.95 Å². The van der Waals surface area contributed by atoms with E-state index in [1.165, 1.54) is 18.2 Å². The van der Waals surface area contributed by atoms with Gasteiger partial charge in [0, 0.05) is 28.3 Å². The van der Waals surface area contributed by atoms with Gasteiger partial charge in [-0.2, -0.15) is 26.3 Å². The number of anilines is 3. The van der Waals surface area contributed by atoms with Crippen LogP contribution < -0.4 is 10.6 Å². The molecule has 0 fully saturated rings. The zero-order chi connectivity index (χ0) is 23.7. The number of aryl methyl sites for hydroxylation is 2. The number of benzene rings is 2. The highest BCUT2D eigenvalue weighted by molar-refractivity contribution is 6.04. The molecule has 11 heteroatoms. The average Bonchev–Trinajstić information content (AvgIpc) is 2.65. The van der Waals surface area contributed by atoms with Crippen LogP contribution in [0.1, 0.15) is 32.9 Å². The molecular weight excluding hydrogens is 438 g/mol. The first-order chi connectivity index (χ1) is 14.8. The minimum Gasteiger partial charge on any atom is -0.324 e. The summed E-state index contributed by atoms with van der Waals surface area (Å²) in [6, 6.07) is 8.51. The number of carbonyl (C=O) groups excluding carboxylic acids is 1. The summed E-state index contributed by atoms with van der Waals surface area (Å²) in [6.45, 7) is 3.56. The van der Waals surface area contributed by atoms with Crippen molar-refractivity contribution in [2.75, 3.05) is 10.6 Å². The third kappa shape index (κ3) is 5.74. The lowest BCUT2D eigenvalue weighted by molar-refractivity contribution is -0.143. The molecule has 0 aliphatic heterocycles. The van der Waals surface area contributed by atoms with Crippen LogP contribution in [0.4, 0.5) is 43.7 Å². The standard InChI is InChI=1S/C21H16F6N4O/c1-11-6-12(2)29-19(28-11)31-17-5-3-4-16(10-17)30-18(32)13-7-14(20(22,23)24)9-15(8-13)21(25,26)27/h3-10H,1-2H3,(H,30,32)(H,28,29,31). The van der Waals surface area contributed by atoms with E-state index in [1.807, 2.05) is 0 Å². The largest absolute Gasteiger partial charge is 0.416 e. The van der Waals surface area contributed by atoms with E-state index < -0.39 is 35.0 Å². The molecule has 2 N–H and O–H groups in total. The van der Waals surface area contributed by atoms with Crippen molar-refractivity contribution in [1.29, 1.82) is 0 Å². The molecule has 0 saturated heterocycles. The van der Waals surface area contributed by atoms with E-state index in [1.54, 1.807) is 26.0 Å². The molecule has 5 nitrogen and oxygen atoms in total. The van der Waals surface area contributed by atoms with E-state index in [0.717, 1.165) is 11.4 Å². The van der Waals surface area contributed by atoms with E-state index in [0.29, 0.717) is 23.8 Å². The summed E-state index contributed by atoms with van der Waals surface area (Å²) in [5, 5.41) is 5.24. The minimum absolute atomic E-state index is 0.0365. The lowest BCUT2D eigenvalue weighted by atomic mass is 10.0. The Hall–Kier alpha value is -3.63. The predicted molar refractivity (Wildman–Crippen MR) is 106 cm³/mol. The summed E-state index contributed by atoms with van der Waals surface area (Å²) < 4.78 is 78.1. The molecule has 0 spiro atoms. The van der Waals surface area contributed by atoms with Gasteiger partial charge in [0.15, 0.2) is 0 Å². The number of nitrogens with zero attached hydrogens (tertiary/aromatic N) is 2. The molecule has 0 aliphatic carbocycles. The van der Waals surface area contributed by atoms with E-state index >= 15 is 0 Å². The van der Waals surface area contributed by atoms with Crippen LogP contribution in [-0.4, -0.2) is 15.9 Å². The number of hydrogen-bond acceptors (Lipinski definition) is 4. The van der Waals surface area contributed by atoms with E-state index in [2.05, 4.69) is 20.6 Å². The van der Waals surface area contributed by atoms with Crippen molar-refractivity contribution in [2.45, 2.75) is 26.2 Å². The molecule has 32 heavy (non-hydrogen) atoms. The second-order valence-corrected chi connectivity index (χ2v) is 6.93. The molecular formula is C21H16F6N4O. The summed E-state index contributed by atoms with van der Waals surface area (Å²) in [5.74, 6) is -0.833. The fourth-order valence-electron chi connectivity index (χ4n) is 2.87. The third-order valence-corrected chi connectivity index (χ3v) is 4.21. The van der Waals surface area contributed by atoms with Crippen LogP contribution in [0.3, 0.4) is 0 Å². The predicted octanol–water partition coefficient (Wildman–Crippen LogP) is 6.13. The molecule has 1 heterocycles. The molecule has 2 aromatic carbocycles. The SMILES string of the molecule is Cc1cc(C)nc(Nc2cccc(NC(=O)c3cc(C(F)(F)F)cc(C(F)(F)F)c3)c2)n1. The minimum atomic E-state index is -5.05. The zero-order valence-corrected chi connectivity index (χ0v) is 16.7. The molecule has 1 amide bonds. The number of halogens is 6. The van der Waals surface area contributed by atoms with Crippen molar-refractivity contribution in [3.63, 3.8) is 0 Å². The highest BCUT2D eigenvalue weighted by atomic mass is 19.4. The summed E-state index contributed by atoms with van der Waals surface area (Å²) in [7, 11) is 0. The lowest BCUT2D eigenvalue weighted by Crippen LogP contribution is -2.17. The monoisotopic (exact) mass is 454 g/mol. The van der Waals surface area contributed by atoms with E-state index in [9.17, 15) is 31.1 Å². The molecule has 0 unspecified atom stereocenters. The van der Waals surface area contributed by atoms with E-state index in [4.69, 9.17) is 0 Å². The van der Waals surface area contributed by atoms with Crippen molar-refractivity contribution < 1.29 is 31.1 Å². The fourth-order valence-corrected chi connectivity index (χ4v) is 2.87. The Morgan fingerprint density at radius 3 is 1.84 bits per heavy atom. The third-order valence-electron chi connectivity index (χ3n) is 4.21. The molecule has 1 aromatic heterocycles. The summed E-state index contributed by atoms with van der Waals surface area (Å²) in [6.07, 6.45) is -10.1. The van der Waals surface area contributed by atoms with Crippen molar-refractivity contribution in [3.8, 4) is 0 Å². The first kappa shape index (κ1) is 23.0. The summed E-state index contributed by atoms with van der Waals surface area (Å²) in [4.78, 5) is 20.9. The Balaban J connectivity index is 1.86. The zero-order valence-electron chi connectivity index (χ0n) is 16.7. The van der Waals surface area contributed by atoms with Crippen LogP contribution in [0.15, 0.2) is 48.5 Å². The first-order valence-corrected chi connectivity index (χ1v) is 9.11. The van der Waals surface area contributed by atoms with Gasteiger partial charge in [0.05, 0.1) is 11.1 Å². The second kappa shape index (κ2) is 8.48. The van der Waals surface area contributed by atoms with Gasteiger partial charge >= 0.3 is 12.4 Å². The topological polar surface area (TPSA) is 66.9 Å². The smallest absolute Gasteiger partial charge is 0.324 e. The maximum Gasteiger partial charge on any atom is 0.416 e. The molecule has 0 bridgehead atoms. The van der Waals surface area contributed by atoms with Crippen molar-refractivity contribution in [1.82, 2.24) is 9.97 Å². The maximum absolute atomic E-state index is 13.0. The molecule has 3 rings (SSSR count). The van der Waals surface area contributed by atoms with Gasteiger partial charge < -0.3 is 10.6 Å². The first-order valence-electron chi connectivity index (χ1n) is 9.11. The van der Waals surface area contributed by atoms with Crippen LogP contribution in [0.5, 0.6) is 0 Å². The van der Waals surface area contributed by atoms with Gasteiger partial charge in [-0.3, -0.25) is 4.79 Å². The Morgan fingerprint density at radius 2 is 1.31 bits per heavy atom. The molecule has 0 atom stereocenters. The lowest BCUT2D eigenvalue weighted by Gasteiger charge is -2.14. The average molecular weight is 454 g/mol. The number of aromatic nitrogens is 2. The summed E-state index contributed by atoms with van der Waals surface area (Å²) in [5.41, 5.74) is -1.88. The van der Waals surface area contributed by atoms with Crippen LogP contribution in [0.25, 0.3) is 0 Å². The van der Waals surface area contributed by atoms with Gasteiger partial charge in [-0.15, -0.1) is 0 Å². The Labute approximate surface area is 178 Å². The van der Waals surface area contributed by atoms with E-state index in [-0.39, 0.29) is 11.8 Å².